The first-order valence-electron chi connectivity index (χ1n) is 4.46. The van der Waals surface area contributed by atoms with Crippen LogP contribution in [-0.2, 0) is 4.74 Å². The van der Waals surface area contributed by atoms with E-state index >= 15 is 0 Å². The quantitative estimate of drug-likeness (QED) is 0.774. The van der Waals surface area contributed by atoms with Crippen molar-refractivity contribution in [2.45, 2.75) is 26.1 Å². The number of methoxy groups -OCH3 is 1. The normalized spacial score (nSPS) is 15.4. The lowest BCUT2D eigenvalue weighted by molar-refractivity contribution is 0.119. The highest BCUT2D eigenvalue weighted by atomic mass is 16.5. The molecule has 0 aliphatic rings. The second-order valence-corrected chi connectivity index (χ2v) is 3.22. The Morgan fingerprint density at radius 1 is 1.08 bits per heavy atom. The summed E-state index contributed by atoms with van der Waals surface area (Å²) in [4.78, 5) is 0. The Kier molecular flexibility index (Phi) is 3.46. The Labute approximate surface area is 79.2 Å². The number of aliphatic hydroxyl groups is 1. The van der Waals surface area contributed by atoms with Gasteiger partial charge in [-0.1, -0.05) is 24.3 Å². The van der Waals surface area contributed by atoms with Gasteiger partial charge in [-0.25, -0.2) is 0 Å². The standard InChI is InChI=1S/C11H16O2/c1-8(12)10-4-6-11(7-5-10)9(2)13-3/h4-9,12H,1-3H3. The molecule has 0 saturated carbocycles. The van der Waals surface area contributed by atoms with E-state index in [0.717, 1.165) is 11.1 Å². The van der Waals surface area contributed by atoms with Crippen LogP contribution in [0.4, 0.5) is 0 Å². The van der Waals surface area contributed by atoms with E-state index in [2.05, 4.69) is 0 Å². The van der Waals surface area contributed by atoms with Gasteiger partial charge in [0.15, 0.2) is 0 Å². The lowest BCUT2D eigenvalue weighted by Crippen LogP contribution is -1.97. The van der Waals surface area contributed by atoms with Crippen molar-refractivity contribution in [1.82, 2.24) is 0 Å². The molecule has 0 bridgehead atoms. The van der Waals surface area contributed by atoms with E-state index in [-0.39, 0.29) is 6.10 Å². The van der Waals surface area contributed by atoms with Gasteiger partial charge in [0.05, 0.1) is 12.2 Å². The van der Waals surface area contributed by atoms with Crippen molar-refractivity contribution >= 4 is 0 Å². The number of rotatable bonds is 3. The second kappa shape index (κ2) is 4.40. The van der Waals surface area contributed by atoms with Gasteiger partial charge in [0.1, 0.15) is 0 Å². The van der Waals surface area contributed by atoms with Gasteiger partial charge in [-0.2, -0.15) is 0 Å². The van der Waals surface area contributed by atoms with Crippen molar-refractivity contribution in [1.29, 1.82) is 0 Å². The topological polar surface area (TPSA) is 29.5 Å². The lowest BCUT2D eigenvalue weighted by Gasteiger charge is -2.11. The third kappa shape index (κ3) is 2.54. The molecule has 0 heterocycles. The largest absolute Gasteiger partial charge is 0.389 e. The zero-order chi connectivity index (χ0) is 9.84. The van der Waals surface area contributed by atoms with Gasteiger partial charge in [0, 0.05) is 7.11 Å². The van der Waals surface area contributed by atoms with Crippen molar-refractivity contribution in [2.75, 3.05) is 7.11 Å². The second-order valence-electron chi connectivity index (χ2n) is 3.22. The Bertz CT molecular complexity index is 251. The van der Waals surface area contributed by atoms with Crippen LogP contribution >= 0.6 is 0 Å². The molecular formula is C11H16O2. The molecule has 0 spiro atoms. The van der Waals surface area contributed by atoms with Crippen LogP contribution in [0.25, 0.3) is 0 Å². The molecule has 1 rings (SSSR count). The summed E-state index contributed by atoms with van der Waals surface area (Å²) in [6.07, 6.45) is -0.282. The molecule has 0 aliphatic carbocycles. The predicted molar refractivity (Wildman–Crippen MR) is 52.5 cm³/mol. The summed E-state index contributed by atoms with van der Waals surface area (Å²) in [5.41, 5.74) is 2.07. The van der Waals surface area contributed by atoms with Gasteiger partial charge in [0.2, 0.25) is 0 Å². The SMILES string of the molecule is COC(C)c1ccc(C(C)O)cc1. The van der Waals surface area contributed by atoms with Gasteiger partial charge >= 0.3 is 0 Å². The fraction of sp³-hybridized carbons (Fsp3) is 0.455. The molecule has 13 heavy (non-hydrogen) atoms. The number of ether oxygens (including phenoxy) is 1. The third-order valence-electron chi connectivity index (χ3n) is 2.24. The van der Waals surface area contributed by atoms with Crippen molar-refractivity contribution in [2.24, 2.45) is 0 Å². The Morgan fingerprint density at radius 2 is 1.54 bits per heavy atom. The number of benzene rings is 1. The first-order valence-corrected chi connectivity index (χ1v) is 4.46. The molecular weight excluding hydrogens is 164 g/mol. The van der Waals surface area contributed by atoms with E-state index in [0.29, 0.717) is 0 Å². The molecule has 0 aliphatic heterocycles. The minimum atomic E-state index is -0.396. The van der Waals surface area contributed by atoms with Crippen LogP contribution in [0.5, 0.6) is 0 Å². The van der Waals surface area contributed by atoms with Gasteiger partial charge in [-0.15, -0.1) is 0 Å². The molecule has 0 aromatic heterocycles. The molecule has 1 aromatic carbocycles. The fourth-order valence-electron chi connectivity index (χ4n) is 1.18. The zero-order valence-corrected chi connectivity index (χ0v) is 8.32. The van der Waals surface area contributed by atoms with E-state index < -0.39 is 6.10 Å². The maximum absolute atomic E-state index is 9.28. The van der Waals surface area contributed by atoms with Crippen molar-refractivity contribution in [3.63, 3.8) is 0 Å². The Balaban J connectivity index is 2.81. The predicted octanol–water partition coefficient (Wildman–Crippen LogP) is 2.45. The summed E-state index contributed by atoms with van der Waals surface area (Å²) < 4.78 is 5.17. The van der Waals surface area contributed by atoms with E-state index in [1.54, 1.807) is 14.0 Å². The Morgan fingerprint density at radius 3 is 1.92 bits per heavy atom. The molecule has 0 radical (unpaired) electrons. The lowest BCUT2D eigenvalue weighted by atomic mass is 10.1. The highest BCUT2D eigenvalue weighted by Gasteiger charge is 2.04. The molecule has 2 nitrogen and oxygen atoms in total. The highest BCUT2D eigenvalue weighted by Crippen LogP contribution is 2.18. The summed E-state index contributed by atoms with van der Waals surface area (Å²) in [7, 11) is 1.69. The van der Waals surface area contributed by atoms with E-state index in [9.17, 15) is 5.11 Å². The van der Waals surface area contributed by atoms with Crippen LogP contribution in [0.2, 0.25) is 0 Å². The van der Waals surface area contributed by atoms with Crippen molar-refractivity contribution < 1.29 is 9.84 Å². The number of hydrogen-bond acceptors (Lipinski definition) is 2. The zero-order valence-electron chi connectivity index (χ0n) is 8.32. The Hall–Kier alpha value is -0.860. The maximum atomic E-state index is 9.28. The van der Waals surface area contributed by atoms with Crippen LogP contribution < -0.4 is 0 Å². The van der Waals surface area contributed by atoms with Crippen LogP contribution in [-0.4, -0.2) is 12.2 Å². The molecule has 2 unspecified atom stereocenters. The van der Waals surface area contributed by atoms with Gasteiger partial charge in [-0.3, -0.25) is 0 Å². The van der Waals surface area contributed by atoms with E-state index in [4.69, 9.17) is 4.74 Å². The molecule has 0 amide bonds. The summed E-state index contributed by atoms with van der Waals surface area (Å²) in [5, 5.41) is 9.28. The van der Waals surface area contributed by atoms with Crippen molar-refractivity contribution in [3.8, 4) is 0 Å². The minimum Gasteiger partial charge on any atom is -0.389 e. The van der Waals surface area contributed by atoms with Crippen LogP contribution in [0.15, 0.2) is 24.3 Å². The number of hydrogen-bond donors (Lipinski definition) is 1. The van der Waals surface area contributed by atoms with E-state index in [1.165, 1.54) is 0 Å². The highest BCUT2D eigenvalue weighted by molar-refractivity contribution is 5.25. The molecule has 0 fully saturated rings. The van der Waals surface area contributed by atoms with E-state index in [1.807, 2.05) is 31.2 Å². The minimum absolute atomic E-state index is 0.114. The third-order valence-corrected chi connectivity index (χ3v) is 2.24. The van der Waals surface area contributed by atoms with Gasteiger partial charge in [0.25, 0.3) is 0 Å². The van der Waals surface area contributed by atoms with Crippen molar-refractivity contribution in [3.05, 3.63) is 35.4 Å². The summed E-state index contributed by atoms with van der Waals surface area (Å²) in [6.45, 7) is 3.76. The summed E-state index contributed by atoms with van der Waals surface area (Å²) in [6, 6.07) is 7.82. The molecule has 72 valence electrons. The van der Waals surface area contributed by atoms with Gasteiger partial charge < -0.3 is 9.84 Å². The van der Waals surface area contributed by atoms with Gasteiger partial charge in [-0.05, 0) is 25.0 Å². The van der Waals surface area contributed by atoms with Crippen LogP contribution in [0.1, 0.15) is 37.2 Å². The first kappa shape index (κ1) is 10.2. The fourth-order valence-corrected chi connectivity index (χ4v) is 1.18. The number of aliphatic hydroxyl groups excluding tert-OH is 1. The smallest absolute Gasteiger partial charge is 0.0793 e. The molecule has 0 saturated heterocycles. The average molecular weight is 180 g/mol. The monoisotopic (exact) mass is 180 g/mol. The molecule has 1 N–H and O–H groups in total. The summed E-state index contributed by atoms with van der Waals surface area (Å²) >= 11 is 0. The van der Waals surface area contributed by atoms with Crippen LogP contribution in [0.3, 0.4) is 0 Å². The maximum Gasteiger partial charge on any atom is 0.0793 e. The molecule has 2 atom stereocenters. The summed E-state index contributed by atoms with van der Waals surface area (Å²) in [5.74, 6) is 0. The average Bonchev–Trinajstić information content (AvgIpc) is 2.17. The van der Waals surface area contributed by atoms with Crippen LogP contribution in [0, 0.1) is 0 Å². The first-order chi connectivity index (χ1) is 6.15. The molecule has 2 heteroatoms. The molecule has 1 aromatic rings.